The molecule has 0 amide bonds. The van der Waals surface area contributed by atoms with Crippen molar-refractivity contribution in [3.63, 3.8) is 0 Å². The molecule has 200 valence electrons. The molecule has 2 aromatic rings. The number of rotatable bonds is 4. The summed E-state index contributed by atoms with van der Waals surface area (Å²) in [5, 5.41) is 33.2. The fourth-order valence-corrected chi connectivity index (χ4v) is 4.53. The van der Waals surface area contributed by atoms with E-state index in [1.807, 2.05) is 0 Å². The Labute approximate surface area is 217 Å². The predicted molar refractivity (Wildman–Crippen MR) is 147 cm³/mol. The smallest absolute Gasteiger partial charge is 0.0558 e. The molecule has 0 radical (unpaired) electrons. The average molecular weight is 499 g/mol. The third-order valence-electron chi connectivity index (χ3n) is 6.55. The first-order valence-electron chi connectivity index (χ1n) is 13.4. The summed E-state index contributed by atoms with van der Waals surface area (Å²) in [6, 6.07) is 17.4. The van der Waals surface area contributed by atoms with Gasteiger partial charge >= 0.3 is 0 Å². The first-order chi connectivity index (χ1) is 17.8. The van der Waals surface area contributed by atoms with E-state index in [0.29, 0.717) is 13.1 Å². The number of fused-ring (bicyclic) bond motifs is 4. The van der Waals surface area contributed by atoms with Crippen LogP contribution < -0.4 is 21.3 Å². The van der Waals surface area contributed by atoms with Crippen LogP contribution in [0.2, 0.25) is 0 Å². The minimum Gasteiger partial charge on any atom is -0.395 e. The van der Waals surface area contributed by atoms with E-state index < -0.39 is 0 Å². The molecule has 8 nitrogen and oxygen atoms in total. The van der Waals surface area contributed by atoms with Crippen molar-refractivity contribution in [2.45, 2.75) is 26.2 Å². The zero-order valence-corrected chi connectivity index (χ0v) is 21.7. The fourth-order valence-electron chi connectivity index (χ4n) is 4.53. The largest absolute Gasteiger partial charge is 0.395 e. The van der Waals surface area contributed by atoms with E-state index in [9.17, 15) is 10.2 Å². The quantitative estimate of drug-likeness (QED) is 0.360. The lowest BCUT2D eigenvalue weighted by molar-refractivity contribution is 0.196. The highest BCUT2D eigenvalue weighted by molar-refractivity contribution is 5.24. The maximum Gasteiger partial charge on any atom is 0.0558 e. The van der Waals surface area contributed by atoms with Gasteiger partial charge in [0.2, 0.25) is 0 Å². The van der Waals surface area contributed by atoms with Crippen LogP contribution >= 0.6 is 0 Å². The Morgan fingerprint density at radius 1 is 0.528 bits per heavy atom. The lowest BCUT2D eigenvalue weighted by Gasteiger charge is -2.22. The van der Waals surface area contributed by atoms with E-state index in [4.69, 9.17) is 0 Å². The maximum atomic E-state index is 9.46. The van der Waals surface area contributed by atoms with Crippen LogP contribution in [0.3, 0.4) is 0 Å². The molecule has 0 saturated heterocycles. The highest BCUT2D eigenvalue weighted by atomic mass is 16.3. The molecule has 0 atom stereocenters. The van der Waals surface area contributed by atoms with Crippen molar-refractivity contribution in [3.8, 4) is 0 Å². The second kappa shape index (κ2) is 17.6. The number of β-amino-alcohol motifs (C(OH)–C–C–N with tert-alkyl or cyclic N) is 2. The number of hydrogen-bond donors (Lipinski definition) is 6. The molecule has 1 aliphatic heterocycles. The van der Waals surface area contributed by atoms with Crippen molar-refractivity contribution in [2.24, 2.45) is 0 Å². The Hall–Kier alpha value is -1.88. The van der Waals surface area contributed by atoms with E-state index in [1.165, 1.54) is 22.3 Å². The topological polar surface area (TPSA) is 95.1 Å². The SMILES string of the molecule is OCCN1CCNCc2cccc(c2)CNCCN(CCO)CCNCc2cccc(c2)CNCC1. The lowest BCUT2D eigenvalue weighted by atomic mass is 10.1. The highest BCUT2D eigenvalue weighted by Crippen LogP contribution is 2.06. The van der Waals surface area contributed by atoms with Gasteiger partial charge < -0.3 is 31.5 Å². The van der Waals surface area contributed by atoms with E-state index in [1.54, 1.807) is 0 Å². The van der Waals surface area contributed by atoms with Crippen LogP contribution in [-0.4, -0.2) is 98.7 Å². The van der Waals surface area contributed by atoms with Crippen molar-refractivity contribution < 1.29 is 10.2 Å². The number of nitrogens with one attached hydrogen (secondary N) is 4. The van der Waals surface area contributed by atoms with Gasteiger partial charge in [0.25, 0.3) is 0 Å². The first-order valence-corrected chi connectivity index (χ1v) is 13.4. The molecular weight excluding hydrogens is 452 g/mol. The zero-order chi connectivity index (χ0) is 25.3. The predicted octanol–water partition coefficient (Wildman–Crippen LogP) is 0.347. The minimum atomic E-state index is 0.182. The Kier molecular flexibility index (Phi) is 14.0. The summed E-state index contributed by atoms with van der Waals surface area (Å²) in [6.07, 6.45) is 0. The molecule has 0 fully saturated rings. The van der Waals surface area contributed by atoms with E-state index in [2.05, 4.69) is 79.6 Å². The van der Waals surface area contributed by atoms with E-state index >= 15 is 0 Å². The molecule has 0 aliphatic carbocycles. The van der Waals surface area contributed by atoms with Crippen molar-refractivity contribution >= 4 is 0 Å². The van der Waals surface area contributed by atoms with Crippen LogP contribution in [0.4, 0.5) is 0 Å². The molecule has 3 rings (SSSR count). The summed E-state index contributed by atoms with van der Waals surface area (Å²) >= 11 is 0. The van der Waals surface area contributed by atoms with Crippen LogP contribution in [0.5, 0.6) is 0 Å². The summed E-state index contributed by atoms with van der Waals surface area (Å²) in [4.78, 5) is 4.61. The van der Waals surface area contributed by atoms with Crippen LogP contribution in [0.15, 0.2) is 48.5 Å². The number of aliphatic hydroxyl groups excluding tert-OH is 2. The Morgan fingerprint density at radius 3 is 1.11 bits per heavy atom. The maximum absolute atomic E-state index is 9.46. The van der Waals surface area contributed by atoms with Gasteiger partial charge in [0.15, 0.2) is 0 Å². The molecule has 0 saturated carbocycles. The summed E-state index contributed by atoms with van der Waals surface area (Å²) in [5.74, 6) is 0. The Bertz CT molecular complexity index is 728. The van der Waals surface area contributed by atoms with Gasteiger partial charge in [-0.25, -0.2) is 0 Å². The van der Waals surface area contributed by atoms with Gasteiger partial charge in [-0.1, -0.05) is 48.5 Å². The first kappa shape index (κ1) is 28.7. The summed E-state index contributed by atoms with van der Waals surface area (Å²) in [6.45, 7) is 12.3. The Morgan fingerprint density at radius 2 is 0.833 bits per heavy atom. The third kappa shape index (κ3) is 11.5. The normalized spacial score (nSPS) is 18.9. The van der Waals surface area contributed by atoms with E-state index in [-0.39, 0.29) is 13.2 Å². The molecule has 1 aliphatic rings. The number of hydrogen-bond acceptors (Lipinski definition) is 8. The molecule has 36 heavy (non-hydrogen) atoms. The van der Waals surface area contributed by atoms with Gasteiger partial charge in [-0.2, -0.15) is 0 Å². The third-order valence-corrected chi connectivity index (χ3v) is 6.55. The van der Waals surface area contributed by atoms with Gasteiger partial charge in [0.1, 0.15) is 0 Å². The molecule has 2 aromatic carbocycles. The second-order valence-corrected chi connectivity index (χ2v) is 9.48. The monoisotopic (exact) mass is 498 g/mol. The van der Waals surface area contributed by atoms with Crippen LogP contribution in [0.25, 0.3) is 0 Å². The van der Waals surface area contributed by atoms with Crippen molar-refractivity contribution in [1.82, 2.24) is 31.1 Å². The summed E-state index contributed by atoms with van der Waals surface area (Å²) in [5.41, 5.74) is 5.15. The summed E-state index contributed by atoms with van der Waals surface area (Å²) in [7, 11) is 0. The zero-order valence-electron chi connectivity index (χ0n) is 21.7. The van der Waals surface area contributed by atoms with Crippen molar-refractivity contribution in [2.75, 3.05) is 78.7 Å². The molecule has 6 N–H and O–H groups in total. The summed E-state index contributed by atoms with van der Waals surface area (Å²) < 4.78 is 0. The van der Waals surface area contributed by atoms with Gasteiger partial charge in [-0.15, -0.1) is 0 Å². The van der Waals surface area contributed by atoms with Crippen LogP contribution in [0, 0.1) is 0 Å². The number of aliphatic hydroxyl groups is 2. The standard InChI is InChI=1S/C28H46N6O2/c35-17-15-33-11-7-29-21-25-3-1-4-26(19-25)22-30-8-12-34(16-18-36)14-10-32-24-28-6-2-5-27(20-28)23-31-9-13-33/h1-6,19-20,29-32,35-36H,7-18,21-24H2. The van der Waals surface area contributed by atoms with Crippen LogP contribution in [-0.2, 0) is 26.2 Å². The Balaban J connectivity index is 1.58. The van der Waals surface area contributed by atoms with Crippen molar-refractivity contribution in [1.29, 1.82) is 0 Å². The number of benzene rings is 2. The van der Waals surface area contributed by atoms with Gasteiger partial charge in [-0.05, 0) is 22.3 Å². The molecule has 8 heteroatoms. The van der Waals surface area contributed by atoms with Gasteiger partial charge in [0.05, 0.1) is 13.2 Å². The fraction of sp³-hybridized carbons (Fsp3) is 0.571. The second-order valence-electron chi connectivity index (χ2n) is 9.48. The van der Waals surface area contributed by atoms with Gasteiger partial charge in [-0.3, -0.25) is 9.80 Å². The van der Waals surface area contributed by atoms with Crippen molar-refractivity contribution in [3.05, 3.63) is 70.8 Å². The average Bonchev–Trinajstić information content (AvgIpc) is 2.89. The lowest BCUT2D eigenvalue weighted by Crippen LogP contribution is -2.38. The molecule has 0 unspecified atom stereocenters. The minimum absolute atomic E-state index is 0.182. The van der Waals surface area contributed by atoms with E-state index in [0.717, 1.165) is 78.5 Å². The molecular formula is C28H46N6O2. The highest BCUT2D eigenvalue weighted by Gasteiger charge is 2.06. The molecule has 0 aromatic heterocycles. The molecule has 0 spiro atoms. The van der Waals surface area contributed by atoms with Gasteiger partial charge in [0, 0.05) is 91.6 Å². The molecule has 1 heterocycles. The van der Waals surface area contributed by atoms with Crippen LogP contribution in [0.1, 0.15) is 22.3 Å². The number of nitrogens with zero attached hydrogens (tertiary/aromatic N) is 2. The molecule has 4 bridgehead atoms.